The Morgan fingerprint density at radius 1 is 1.07 bits per heavy atom. The topological polar surface area (TPSA) is 52.2 Å². The van der Waals surface area contributed by atoms with Gasteiger partial charge in [-0.05, 0) is 80.1 Å². The molecule has 5 rings (SSSR count). The molecule has 1 atom stereocenters. The van der Waals surface area contributed by atoms with E-state index in [1.165, 1.54) is 18.4 Å². The normalized spacial score (nSPS) is 21.1. The van der Waals surface area contributed by atoms with Crippen LogP contribution in [-0.4, -0.2) is 51.9 Å². The van der Waals surface area contributed by atoms with Crippen LogP contribution in [0, 0.1) is 11.8 Å². The van der Waals surface area contributed by atoms with Crippen molar-refractivity contribution in [2.45, 2.75) is 25.8 Å². The molecule has 1 amide bonds. The molecule has 2 aliphatic rings. The van der Waals surface area contributed by atoms with Crippen LogP contribution >= 0.6 is 0 Å². The number of carbonyl (C=O) groups excluding carboxylic acids is 1. The second-order valence-electron chi connectivity index (χ2n) is 8.55. The Kier molecular flexibility index (Phi) is 5.06. The van der Waals surface area contributed by atoms with Gasteiger partial charge in [-0.2, -0.15) is 0 Å². The number of amides is 1. The van der Waals surface area contributed by atoms with Crippen molar-refractivity contribution in [3.05, 3.63) is 66.1 Å². The minimum Gasteiger partial charge on any atom is -0.361 e. The molecule has 0 saturated carbocycles. The molecule has 1 N–H and O–H groups in total. The number of nitrogens with one attached hydrogen (secondary N) is 1. The first-order valence-electron chi connectivity index (χ1n) is 10.7. The van der Waals surface area contributed by atoms with E-state index in [2.05, 4.69) is 25.8 Å². The summed E-state index contributed by atoms with van der Waals surface area (Å²) in [4.78, 5) is 25.0. The molecule has 2 fully saturated rings. The highest BCUT2D eigenvalue weighted by molar-refractivity contribution is 5.98. The first kappa shape index (κ1) is 18.4. The number of H-pyrrole nitrogens is 1. The van der Waals surface area contributed by atoms with Gasteiger partial charge in [0.05, 0.1) is 0 Å². The molecule has 5 nitrogen and oxygen atoms in total. The summed E-state index contributed by atoms with van der Waals surface area (Å²) in [5.41, 5.74) is 3.19. The van der Waals surface area contributed by atoms with Crippen LogP contribution < -0.4 is 0 Å². The molecule has 5 heteroatoms. The number of fused-ring (bicyclic) bond motifs is 1. The third kappa shape index (κ3) is 3.92. The van der Waals surface area contributed by atoms with Crippen LogP contribution in [0.25, 0.3) is 10.9 Å². The monoisotopic (exact) mass is 388 g/mol. The summed E-state index contributed by atoms with van der Waals surface area (Å²) < 4.78 is 0. The van der Waals surface area contributed by atoms with Gasteiger partial charge < -0.3 is 9.88 Å². The quantitative estimate of drug-likeness (QED) is 0.737. The first-order chi connectivity index (χ1) is 14.3. The SMILES string of the molecule is O=C(c1ccc2[nH]ccc2c1)N1CC[C@H](C2CCN(Cc3cccnc3)CC2)C1. The fourth-order valence-corrected chi connectivity index (χ4v) is 5.06. The first-order valence-corrected chi connectivity index (χ1v) is 10.7. The third-order valence-electron chi connectivity index (χ3n) is 6.74. The number of nitrogens with zero attached hydrogens (tertiary/aromatic N) is 3. The molecule has 0 bridgehead atoms. The number of carbonyl (C=O) groups is 1. The van der Waals surface area contributed by atoms with Gasteiger partial charge in [-0.15, -0.1) is 0 Å². The molecule has 150 valence electrons. The molecule has 0 radical (unpaired) electrons. The summed E-state index contributed by atoms with van der Waals surface area (Å²) in [5, 5.41) is 1.10. The Morgan fingerprint density at radius 2 is 1.93 bits per heavy atom. The molecule has 2 aliphatic heterocycles. The lowest BCUT2D eigenvalue weighted by atomic mass is 9.83. The van der Waals surface area contributed by atoms with Gasteiger partial charge in [0.2, 0.25) is 0 Å². The predicted octanol–water partition coefficient (Wildman–Crippen LogP) is 3.94. The number of hydrogen-bond donors (Lipinski definition) is 1. The van der Waals surface area contributed by atoms with Crippen molar-refractivity contribution >= 4 is 16.8 Å². The van der Waals surface area contributed by atoms with Crippen LogP contribution in [-0.2, 0) is 6.54 Å². The number of piperidine rings is 1. The Labute approximate surface area is 171 Å². The zero-order valence-electron chi connectivity index (χ0n) is 16.8. The van der Waals surface area contributed by atoms with E-state index in [1.807, 2.05) is 48.9 Å². The molecule has 0 unspecified atom stereocenters. The highest BCUT2D eigenvalue weighted by Gasteiger charge is 2.34. The molecular formula is C24H28N4O. The highest BCUT2D eigenvalue weighted by Crippen LogP contribution is 2.33. The number of likely N-dealkylation sites (tertiary alicyclic amines) is 2. The summed E-state index contributed by atoms with van der Waals surface area (Å²) >= 11 is 0. The number of pyridine rings is 1. The summed E-state index contributed by atoms with van der Waals surface area (Å²) in [7, 11) is 0. The lowest BCUT2D eigenvalue weighted by Gasteiger charge is -2.34. The second kappa shape index (κ2) is 7.99. The van der Waals surface area contributed by atoms with E-state index in [9.17, 15) is 4.79 Å². The Balaban J connectivity index is 1.15. The van der Waals surface area contributed by atoms with Crippen molar-refractivity contribution in [1.29, 1.82) is 0 Å². The number of hydrogen-bond acceptors (Lipinski definition) is 3. The van der Waals surface area contributed by atoms with Crippen molar-refractivity contribution in [2.24, 2.45) is 11.8 Å². The van der Waals surface area contributed by atoms with Gasteiger partial charge in [0.1, 0.15) is 0 Å². The number of aromatic nitrogens is 2. The van der Waals surface area contributed by atoms with Gasteiger partial charge in [0.15, 0.2) is 0 Å². The van der Waals surface area contributed by atoms with Crippen LogP contribution in [0.1, 0.15) is 35.2 Å². The van der Waals surface area contributed by atoms with Crippen molar-refractivity contribution < 1.29 is 4.79 Å². The Hall–Kier alpha value is -2.66. The summed E-state index contributed by atoms with van der Waals surface area (Å²) in [6.45, 7) is 5.10. The van der Waals surface area contributed by atoms with Crippen LogP contribution in [0.4, 0.5) is 0 Å². The van der Waals surface area contributed by atoms with E-state index in [0.29, 0.717) is 5.92 Å². The van der Waals surface area contributed by atoms with Gasteiger partial charge in [-0.3, -0.25) is 14.7 Å². The lowest BCUT2D eigenvalue weighted by Crippen LogP contribution is -2.37. The maximum absolute atomic E-state index is 13.0. The predicted molar refractivity (Wildman–Crippen MR) is 115 cm³/mol. The van der Waals surface area contributed by atoms with Gasteiger partial charge >= 0.3 is 0 Å². The standard InChI is InChI=1S/C24H28N4O/c29-24(21-3-4-23-20(14-21)5-10-26-23)28-13-8-22(17-28)19-6-11-27(12-7-19)16-18-2-1-9-25-15-18/h1-5,9-10,14-15,19,22,26H,6-8,11-13,16-17H2/t22-/m0/s1. The van der Waals surface area contributed by atoms with E-state index in [1.54, 1.807) is 0 Å². The minimum absolute atomic E-state index is 0.185. The maximum Gasteiger partial charge on any atom is 0.253 e. The molecule has 0 aliphatic carbocycles. The fourth-order valence-electron chi connectivity index (χ4n) is 5.06. The largest absolute Gasteiger partial charge is 0.361 e. The zero-order chi connectivity index (χ0) is 19.6. The molecule has 0 spiro atoms. The zero-order valence-corrected chi connectivity index (χ0v) is 16.8. The van der Waals surface area contributed by atoms with Crippen molar-refractivity contribution in [1.82, 2.24) is 19.8 Å². The third-order valence-corrected chi connectivity index (χ3v) is 6.74. The number of rotatable bonds is 4. The van der Waals surface area contributed by atoms with E-state index in [0.717, 1.165) is 61.5 Å². The highest BCUT2D eigenvalue weighted by atomic mass is 16.2. The van der Waals surface area contributed by atoms with E-state index in [4.69, 9.17) is 0 Å². The average Bonchev–Trinajstić information content (AvgIpc) is 3.44. The molecular weight excluding hydrogens is 360 g/mol. The van der Waals surface area contributed by atoms with E-state index >= 15 is 0 Å². The van der Waals surface area contributed by atoms with E-state index in [-0.39, 0.29) is 5.91 Å². The summed E-state index contributed by atoms with van der Waals surface area (Å²) in [6.07, 6.45) is 9.35. The molecule has 2 saturated heterocycles. The van der Waals surface area contributed by atoms with Gasteiger partial charge in [-0.1, -0.05) is 6.07 Å². The molecule has 29 heavy (non-hydrogen) atoms. The van der Waals surface area contributed by atoms with Crippen LogP contribution in [0.3, 0.4) is 0 Å². The van der Waals surface area contributed by atoms with Crippen molar-refractivity contribution in [2.75, 3.05) is 26.2 Å². The molecule has 1 aromatic carbocycles. The van der Waals surface area contributed by atoms with Crippen molar-refractivity contribution in [3.63, 3.8) is 0 Å². The second-order valence-corrected chi connectivity index (χ2v) is 8.55. The number of aromatic amines is 1. The van der Waals surface area contributed by atoms with Crippen LogP contribution in [0.2, 0.25) is 0 Å². The summed E-state index contributed by atoms with van der Waals surface area (Å²) in [6, 6.07) is 12.2. The lowest BCUT2D eigenvalue weighted by molar-refractivity contribution is 0.0773. The number of benzene rings is 1. The Morgan fingerprint density at radius 3 is 2.76 bits per heavy atom. The molecule has 3 aromatic rings. The fraction of sp³-hybridized carbons (Fsp3) is 0.417. The van der Waals surface area contributed by atoms with Gasteiger partial charge in [0, 0.05) is 54.7 Å². The maximum atomic E-state index is 13.0. The van der Waals surface area contributed by atoms with Crippen LogP contribution in [0.5, 0.6) is 0 Å². The van der Waals surface area contributed by atoms with Gasteiger partial charge in [-0.25, -0.2) is 0 Å². The molecule has 2 aromatic heterocycles. The van der Waals surface area contributed by atoms with Crippen molar-refractivity contribution in [3.8, 4) is 0 Å². The molecule has 4 heterocycles. The van der Waals surface area contributed by atoms with E-state index < -0.39 is 0 Å². The minimum atomic E-state index is 0.185. The van der Waals surface area contributed by atoms with Crippen LogP contribution in [0.15, 0.2) is 55.0 Å². The average molecular weight is 389 g/mol. The van der Waals surface area contributed by atoms with Gasteiger partial charge in [0.25, 0.3) is 5.91 Å². The summed E-state index contributed by atoms with van der Waals surface area (Å²) in [5.74, 6) is 1.57. The Bertz CT molecular complexity index is 975. The smallest absolute Gasteiger partial charge is 0.253 e.